The van der Waals surface area contributed by atoms with Gasteiger partial charge in [-0.2, -0.15) is 0 Å². The Morgan fingerprint density at radius 1 is 1.33 bits per heavy atom. The first-order chi connectivity index (χ1) is 9.89. The molecule has 1 aromatic carbocycles. The first-order valence-electron chi connectivity index (χ1n) is 6.53. The van der Waals surface area contributed by atoms with Crippen LogP contribution in [0.15, 0.2) is 18.2 Å². The number of para-hydroxylation sites is 1. The fraction of sp³-hybridized carbons (Fsp3) is 0.462. The van der Waals surface area contributed by atoms with Crippen LogP contribution in [0.4, 0.5) is 5.69 Å². The molecule has 0 aliphatic carbocycles. The number of carboxylic acid groups (broad SMARTS) is 1. The zero-order chi connectivity index (χ0) is 15.2. The molecule has 1 saturated heterocycles. The van der Waals surface area contributed by atoms with Gasteiger partial charge in [-0.05, 0) is 12.1 Å². The van der Waals surface area contributed by atoms with Crippen LogP contribution in [0.2, 0.25) is 0 Å². The molecule has 1 aromatic rings. The maximum atomic E-state index is 11.7. The molecule has 2 aliphatic rings. The standard InChI is InChI=1S/C13H15NO6S/c15-11-7-21(18,19)6-10(11)14-4-5-20-12-8(13(16)17)2-1-3-9(12)14/h1-3,10-11,15H,4-7H2,(H,16,17). The van der Waals surface area contributed by atoms with Crippen LogP contribution in [0, 0.1) is 0 Å². The van der Waals surface area contributed by atoms with Gasteiger partial charge in [0.2, 0.25) is 0 Å². The first kappa shape index (κ1) is 14.2. The number of aliphatic hydroxyl groups is 1. The summed E-state index contributed by atoms with van der Waals surface area (Å²) in [6, 6.07) is 4.13. The molecule has 2 heterocycles. The Balaban J connectivity index is 2.02. The number of aromatic carboxylic acids is 1. The number of aliphatic hydroxyl groups excluding tert-OH is 1. The number of anilines is 1. The highest BCUT2D eigenvalue weighted by Crippen LogP contribution is 2.37. The lowest BCUT2D eigenvalue weighted by atomic mass is 10.1. The summed E-state index contributed by atoms with van der Waals surface area (Å²) >= 11 is 0. The SMILES string of the molecule is O=C(O)c1cccc2c1OCCN2C1CS(=O)(=O)CC1O. The van der Waals surface area contributed by atoms with Crippen molar-refractivity contribution in [3.63, 3.8) is 0 Å². The summed E-state index contributed by atoms with van der Waals surface area (Å²) in [4.78, 5) is 13.0. The van der Waals surface area contributed by atoms with Gasteiger partial charge in [0.25, 0.3) is 0 Å². The van der Waals surface area contributed by atoms with E-state index in [1.54, 1.807) is 17.0 Å². The molecule has 2 N–H and O–H groups in total. The lowest BCUT2D eigenvalue weighted by Gasteiger charge is -2.37. The molecule has 1 fully saturated rings. The van der Waals surface area contributed by atoms with Crippen molar-refractivity contribution >= 4 is 21.5 Å². The average molecular weight is 313 g/mol. The molecule has 0 amide bonds. The molecule has 2 atom stereocenters. The number of carboxylic acids is 1. The van der Waals surface area contributed by atoms with Gasteiger partial charge in [0.05, 0.1) is 35.9 Å². The van der Waals surface area contributed by atoms with E-state index in [-0.39, 0.29) is 29.4 Å². The van der Waals surface area contributed by atoms with E-state index in [1.807, 2.05) is 0 Å². The summed E-state index contributed by atoms with van der Waals surface area (Å²) in [6.07, 6.45) is -0.977. The van der Waals surface area contributed by atoms with E-state index in [1.165, 1.54) is 6.07 Å². The Labute approximate surface area is 121 Å². The second kappa shape index (κ2) is 4.88. The smallest absolute Gasteiger partial charge is 0.339 e. The second-order valence-corrected chi connectivity index (χ2v) is 7.37. The number of hydrogen-bond donors (Lipinski definition) is 2. The van der Waals surface area contributed by atoms with Gasteiger partial charge in [-0.15, -0.1) is 0 Å². The third-order valence-electron chi connectivity index (χ3n) is 3.81. The van der Waals surface area contributed by atoms with E-state index in [9.17, 15) is 23.4 Å². The van der Waals surface area contributed by atoms with Crippen LogP contribution in [0.1, 0.15) is 10.4 Å². The Morgan fingerprint density at radius 2 is 2.10 bits per heavy atom. The van der Waals surface area contributed by atoms with Gasteiger partial charge in [-0.1, -0.05) is 6.07 Å². The Bertz CT molecular complexity index is 686. The number of hydrogen-bond acceptors (Lipinski definition) is 6. The van der Waals surface area contributed by atoms with E-state index < -0.39 is 28.0 Å². The Kier molecular flexibility index (Phi) is 3.29. The lowest BCUT2D eigenvalue weighted by Crippen LogP contribution is -2.47. The number of ether oxygens (including phenoxy) is 1. The van der Waals surface area contributed by atoms with Gasteiger partial charge in [0, 0.05) is 0 Å². The van der Waals surface area contributed by atoms with Crippen LogP contribution in [0.5, 0.6) is 5.75 Å². The van der Waals surface area contributed by atoms with Crippen LogP contribution < -0.4 is 9.64 Å². The van der Waals surface area contributed by atoms with E-state index in [2.05, 4.69) is 0 Å². The van der Waals surface area contributed by atoms with Crippen molar-refractivity contribution < 1.29 is 28.2 Å². The fourth-order valence-electron chi connectivity index (χ4n) is 2.89. The topological polar surface area (TPSA) is 104 Å². The monoisotopic (exact) mass is 313 g/mol. The number of carbonyl (C=O) groups is 1. The molecular formula is C13H15NO6S. The molecule has 2 aliphatic heterocycles. The molecule has 0 spiro atoms. The van der Waals surface area contributed by atoms with E-state index in [4.69, 9.17) is 4.74 Å². The van der Waals surface area contributed by atoms with Gasteiger partial charge >= 0.3 is 5.97 Å². The minimum absolute atomic E-state index is 0.0348. The summed E-state index contributed by atoms with van der Waals surface area (Å²) in [6.45, 7) is 0.661. The van der Waals surface area contributed by atoms with E-state index >= 15 is 0 Å². The number of fused-ring (bicyclic) bond motifs is 1. The van der Waals surface area contributed by atoms with Gasteiger partial charge < -0.3 is 19.8 Å². The summed E-state index contributed by atoms with van der Waals surface area (Å²) in [5.41, 5.74) is 0.551. The van der Waals surface area contributed by atoms with E-state index in [0.717, 1.165) is 0 Å². The molecule has 0 aromatic heterocycles. The lowest BCUT2D eigenvalue weighted by molar-refractivity contribution is 0.0691. The molecule has 0 saturated carbocycles. The number of nitrogens with zero attached hydrogens (tertiary/aromatic N) is 1. The minimum atomic E-state index is -3.27. The third-order valence-corrected chi connectivity index (χ3v) is 5.51. The maximum Gasteiger partial charge on any atom is 0.339 e. The van der Waals surface area contributed by atoms with Crippen molar-refractivity contribution in [3.05, 3.63) is 23.8 Å². The fourth-order valence-corrected chi connectivity index (χ4v) is 4.69. The highest BCUT2D eigenvalue weighted by atomic mass is 32.2. The van der Waals surface area contributed by atoms with Crippen molar-refractivity contribution in [1.29, 1.82) is 0 Å². The summed E-state index contributed by atoms with van der Waals surface area (Å²) in [5, 5.41) is 19.2. The molecule has 2 unspecified atom stereocenters. The number of rotatable bonds is 2. The summed E-state index contributed by atoms with van der Waals surface area (Å²) < 4.78 is 28.8. The molecule has 114 valence electrons. The third kappa shape index (κ3) is 2.44. The number of sulfone groups is 1. The molecule has 7 nitrogen and oxygen atoms in total. The van der Waals surface area contributed by atoms with Crippen LogP contribution in [0.3, 0.4) is 0 Å². The van der Waals surface area contributed by atoms with E-state index in [0.29, 0.717) is 12.2 Å². The van der Waals surface area contributed by atoms with Crippen molar-refractivity contribution in [3.8, 4) is 5.75 Å². The normalized spacial score (nSPS) is 27.0. The second-order valence-electron chi connectivity index (χ2n) is 5.21. The molecule has 21 heavy (non-hydrogen) atoms. The zero-order valence-corrected chi connectivity index (χ0v) is 11.9. The maximum absolute atomic E-state index is 11.7. The van der Waals surface area contributed by atoms with Gasteiger partial charge in [0.15, 0.2) is 15.6 Å². The van der Waals surface area contributed by atoms with Crippen molar-refractivity contribution in [2.75, 3.05) is 29.6 Å². The van der Waals surface area contributed by atoms with Gasteiger partial charge in [-0.3, -0.25) is 0 Å². The molecule has 0 bridgehead atoms. The van der Waals surface area contributed by atoms with Crippen molar-refractivity contribution in [2.24, 2.45) is 0 Å². The molecular weight excluding hydrogens is 298 g/mol. The predicted molar refractivity (Wildman–Crippen MR) is 74.7 cm³/mol. The minimum Gasteiger partial charge on any atom is -0.489 e. The molecule has 3 rings (SSSR count). The van der Waals surface area contributed by atoms with Crippen LogP contribution in [0.25, 0.3) is 0 Å². The average Bonchev–Trinajstić information content (AvgIpc) is 2.70. The highest BCUT2D eigenvalue weighted by Gasteiger charge is 2.42. The zero-order valence-electron chi connectivity index (χ0n) is 11.1. The first-order valence-corrected chi connectivity index (χ1v) is 8.35. The number of benzene rings is 1. The summed E-state index contributed by atoms with van der Waals surface area (Å²) in [5.74, 6) is -1.27. The Morgan fingerprint density at radius 3 is 2.71 bits per heavy atom. The largest absolute Gasteiger partial charge is 0.489 e. The molecule has 0 radical (unpaired) electrons. The Hall–Kier alpha value is -1.80. The predicted octanol–water partition coefficient (Wildman–Crippen LogP) is -0.258. The van der Waals surface area contributed by atoms with Crippen LogP contribution in [-0.4, -0.2) is 61.4 Å². The van der Waals surface area contributed by atoms with Crippen molar-refractivity contribution in [1.82, 2.24) is 0 Å². The van der Waals surface area contributed by atoms with Gasteiger partial charge in [0.1, 0.15) is 12.2 Å². The van der Waals surface area contributed by atoms with Crippen molar-refractivity contribution in [2.45, 2.75) is 12.1 Å². The van der Waals surface area contributed by atoms with Crippen LogP contribution >= 0.6 is 0 Å². The van der Waals surface area contributed by atoms with Crippen LogP contribution in [-0.2, 0) is 9.84 Å². The highest BCUT2D eigenvalue weighted by molar-refractivity contribution is 7.91. The summed E-state index contributed by atoms with van der Waals surface area (Å²) in [7, 11) is -3.27. The van der Waals surface area contributed by atoms with Gasteiger partial charge in [-0.25, -0.2) is 13.2 Å². The quantitative estimate of drug-likeness (QED) is 0.775. The molecule has 8 heteroatoms.